The molecule has 1 aromatic rings. The number of pyridine rings is 1. The molecule has 0 aliphatic heterocycles. The van der Waals surface area contributed by atoms with Crippen LogP contribution >= 0.6 is 0 Å². The predicted molar refractivity (Wildman–Crippen MR) is 53.1 cm³/mol. The normalized spacial score (nSPS) is 14.2. The molecule has 0 bridgehead atoms. The van der Waals surface area contributed by atoms with E-state index in [2.05, 4.69) is 9.72 Å². The molecule has 0 amide bonds. The van der Waals surface area contributed by atoms with Crippen molar-refractivity contribution in [1.82, 2.24) is 4.98 Å². The maximum atomic E-state index is 11.0. The number of carbonyl (C=O) groups excluding carboxylic acids is 1. The molecule has 1 rings (SSSR count). The molecule has 0 fully saturated rings. The fourth-order valence-electron chi connectivity index (χ4n) is 1.16. The third-order valence-corrected chi connectivity index (χ3v) is 2.04. The van der Waals surface area contributed by atoms with Gasteiger partial charge in [0.25, 0.3) is 0 Å². The summed E-state index contributed by atoms with van der Waals surface area (Å²) >= 11 is 0. The van der Waals surface area contributed by atoms with Crippen LogP contribution in [-0.4, -0.2) is 39.5 Å². The monoisotopic (exact) mass is 227 g/mol. The molecule has 3 N–H and O–H groups in total. The molecule has 6 nitrogen and oxygen atoms in total. The van der Waals surface area contributed by atoms with Gasteiger partial charge in [-0.25, -0.2) is 4.79 Å². The molecule has 0 aromatic carbocycles. The third-order valence-electron chi connectivity index (χ3n) is 2.04. The van der Waals surface area contributed by atoms with Gasteiger partial charge in [0.2, 0.25) is 0 Å². The third kappa shape index (κ3) is 2.75. The molecule has 0 spiro atoms. The summed E-state index contributed by atoms with van der Waals surface area (Å²) in [5, 5.41) is 27.8. The maximum absolute atomic E-state index is 11.0. The molecular formula is C10H13NO5. The Morgan fingerprint density at radius 1 is 1.50 bits per heavy atom. The van der Waals surface area contributed by atoms with Crippen molar-refractivity contribution in [1.29, 1.82) is 0 Å². The van der Waals surface area contributed by atoms with E-state index in [-0.39, 0.29) is 12.3 Å². The number of aliphatic hydroxyl groups is 3. The lowest BCUT2D eigenvalue weighted by Crippen LogP contribution is -2.29. The van der Waals surface area contributed by atoms with Crippen molar-refractivity contribution < 1.29 is 24.9 Å². The summed E-state index contributed by atoms with van der Waals surface area (Å²) in [6, 6.07) is 4.55. The number of aromatic nitrogens is 1. The van der Waals surface area contributed by atoms with E-state index in [4.69, 9.17) is 5.11 Å². The van der Waals surface area contributed by atoms with Crippen molar-refractivity contribution in [2.75, 3.05) is 7.11 Å². The summed E-state index contributed by atoms with van der Waals surface area (Å²) in [7, 11) is 1.11. The second kappa shape index (κ2) is 5.55. The van der Waals surface area contributed by atoms with Crippen molar-refractivity contribution in [2.24, 2.45) is 0 Å². The Labute approximate surface area is 92.1 Å². The van der Waals surface area contributed by atoms with Crippen LogP contribution in [0.15, 0.2) is 18.2 Å². The average molecular weight is 227 g/mol. The Balaban J connectivity index is 2.86. The molecule has 0 saturated carbocycles. The van der Waals surface area contributed by atoms with Gasteiger partial charge in [0.1, 0.15) is 6.10 Å². The largest absolute Gasteiger partial charge is 0.467 e. The molecule has 1 aromatic heterocycles. The van der Waals surface area contributed by atoms with Gasteiger partial charge in [-0.05, 0) is 12.1 Å². The molecule has 0 aliphatic rings. The maximum Gasteiger partial charge on any atom is 0.337 e. The second-order valence-electron chi connectivity index (χ2n) is 3.12. The minimum Gasteiger partial charge on any atom is -0.467 e. The number of esters is 1. The fourth-order valence-corrected chi connectivity index (χ4v) is 1.16. The van der Waals surface area contributed by atoms with Crippen LogP contribution in [0.5, 0.6) is 0 Å². The van der Waals surface area contributed by atoms with Crippen molar-refractivity contribution in [2.45, 2.75) is 18.8 Å². The zero-order chi connectivity index (χ0) is 12.1. The number of aliphatic hydroxyl groups excluding tert-OH is 3. The number of ether oxygens (including phenoxy) is 1. The Kier molecular flexibility index (Phi) is 4.36. The molecule has 0 saturated heterocycles. The Morgan fingerprint density at radius 2 is 2.19 bits per heavy atom. The van der Waals surface area contributed by atoms with E-state index in [9.17, 15) is 15.0 Å². The minimum absolute atomic E-state index is 0.101. The first-order chi connectivity index (χ1) is 7.60. The standard InChI is InChI=1S/C10H13NO5/c1-16-10(15)9(14)8(13)7-4-2-3-6(5-12)11-7/h2-4,8-9,12-14H,5H2,1H3. The van der Waals surface area contributed by atoms with Gasteiger partial charge in [0.05, 0.1) is 25.1 Å². The van der Waals surface area contributed by atoms with Gasteiger partial charge in [0.15, 0.2) is 6.10 Å². The molecule has 0 aliphatic carbocycles. The van der Waals surface area contributed by atoms with Crippen LogP contribution in [0.3, 0.4) is 0 Å². The highest BCUT2D eigenvalue weighted by Crippen LogP contribution is 2.15. The summed E-state index contributed by atoms with van der Waals surface area (Å²) in [5.74, 6) is -0.941. The highest BCUT2D eigenvalue weighted by molar-refractivity contribution is 5.75. The van der Waals surface area contributed by atoms with Gasteiger partial charge in [0, 0.05) is 0 Å². The zero-order valence-corrected chi connectivity index (χ0v) is 8.70. The van der Waals surface area contributed by atoms with Crippen LogP contribution in [-0.2, 0) is 16.1 Å². The summed E-state index contributed by atoms with van der Waals surface area (Å²) in [6.07, 6.45) is -3.16. The fraction of sp³-hybridized carbons (Fsp3) is 0.400. The number of methoxy groups -OCH3 is 1. The molecular weight excluding hydrogens is 214 g/mol. The van der Waals surface area contributed by atoms with Crippen LogP contribution in [0.1, 0.15) is 17.5 Å². The van der Waals surface area contributed by atoms with E-state index in [0.29, 0.717) is 5.69 Å². The molecule has 16 heavy (non-hydrogen) atoms. The number of hydrogen-bond donors (Lipinski definition) is 3. The van der Waals surface area contributed by atoms with Crippen LogP contribution in [0, 0.1) is 0 Å². The minimum atomic E-state index is -1.69. The number of hydrogen-bond acceptors (Lipinski definition) is 6. The van der Waals surface area contributed by atoms with Gasteiger partial charge < -0.3 is 20.1 Å². The topological polar surface area (TPSA) is 99.9 Å². The van der Waals surface area contributed by atoms with E-state index in [1.54, 1.807) is 12.1 Å². The highest BCUT2D eigenvalue weighted by atomic mass is 16.5. The summed E-state index contributed by atoms with van der Waals surface area (Å²) < 4.78 is 4.29. The van der Waals surface area contributed by atoms with Crippen molar-refractivity contribution in [3.63, 3.8) is 0 Å². The smallest absolute Gasteiger partial charge is 0.337 e. The van der Waals surface area contributed by atoms with Gasteiger partial charge in [-0.15, -0.1) is 0 Å². The predicted octanol–water partition coefficient (Wildman–Crippen LogP) is -0.859. The first-order valence-electron chi connectivity index (χ1n) is 4.60. The van der Waals surface area contributed by atoms with Gasteiger partial charge in [-0.1, -0.05) is 6.07 Å². The van der Waals surface area contributed by atoms with Crippen LogP contribution in [0.2, 0.25) is 0 Å². The van der Waals surface area contributed by atoms with Crippen molar-refractivity contribution >= 4 is 5.97 Å². The lowest BCUT2D eigenvalue weighted by atomic mass is 10.1. The zero-order valence-electron chi connectivity index (χ0n) is 8.70. The second-order valence-corrected chi connectivity index (χ2v) is 3.12. The Bertz CT molecular complexity index is 368. The van der Waals surface area contributed by atoms with E-state index in [0.717, 1.165) is 7.11 Å². The van der Waals surface area contributed by atoms with Crippen LogP contribution in [0.4, 0.5) is 0 Å². The number of nitrogens with zero attached hydrogens (tertiary/aromatic N) is 1. The SMILES string of the molecule is COC(=O)C(O)C(O)c1cccc(CO)n1. The summed E-state index contributed by atoms with van der Waals surface area (Å²) in [5.41, 5.74) is 0.443. The first kappa shape index (κ1) is 12.6. The Hall–Kier alpha value is -1.50. The van der Waals surface area contributed by atoms with E-state index >= 15 is 0 Å². The first-order valence-corrected chi connectivity index (χ1v) is 4.60. The van der Waals surface area contributed by atoms with Gasteiger partial charge >= 0.3 is 5.97 Å². The summed E-state index contributed by atoms with van der Waals surface area (Å²) in [4.78, 5) is 14.8. The Morgan fingerprint density at radius 3 is 2.75 bits per heavy atom. The van der Waals surface area contributed by atoms with Crippen molar-refractivity contribution in [3.8, 4) is 0 Å². The van der Waals surface area contributed by atoms with Gasteiger partial charge in [-0.2, -0.15) is 0 Å². The molecule has 1 heterocycles. The van der Waals surface area contributed by atoms with E-state index < -0.39 is 18.2 Å². The molecule has 6 heteroatoms. The quantitative estimate of drug-likeness (QED) is 0.579. The van der Waals surface area contributed by atoms with Crippen molar-refractivity contribution in [3.05, 3.63) is 29.6 Å². The molecule has 0 radical (unpaired) electrons. The summed E-state index contributed by atoms with van der Waals surface area (Å²) in [6.45, 7) is -0.283. The lowest BCUT2D eigenvalue weighted by molar-refractivity contribution is -0.157. The van der Waals surface area contributed by atoms with E-state index in [1.165, 1.54) is 6.07 Å². The van der Waals surface area contributed by atoms with Crippen LogP contribution in [0.25, 0.3) is 0 Å². The highest BCUT2D eigenvalue weighted by Gasteiger charge is 2.27. The molecule has 2 atom stereocenters. The average Bonchev–Trinajstić information content (AvgIpc) is 2.36. The van der Waals surface area contributed by atoms with Gasteiger partial charge in [-0.3, -0.25) is 4.98 Å². The number of rotatable bonds is 4. The lowest BCUT2D eigenvalue weighted by Gasteiger charge is -2.15. The van der Waals surface area contributed by atoms with E-state index in [1.807, 2.05) is 0 Å². The van der Waals surface area contributed by atoms with Crippen LogP contribution < -0.4 is 0 Å². The molecule has 2 unspecified atom stereocenters. The number of carbonyl (C=O) groups is 1. The molecule has 88 valence electrons.